The minimum atomic E-state index is -4.26. The molecule has 30 heteroatoms. The van der Waals surface area contributed by atoms with Gasteiger partial charge in [0.15, 0.2) is 23.5 Å². The molecule has 5 heterocycles. The lowest BCUT2D eigenvalue weighted by Crippen LogP contribution is -2.63. The summed E-state index contributed by atoms with van der Waals surface area (Å²) in [4.78, 5) is 48.0. The second kappa shape index (κ2) is 34.0. The molecule has 2 atom stereocenters. The maximum absolute atomic E-state index is 13.6. The monoisotopic (exact) mass is 1200 g/mol. The van der Waals surface area contributed by atoms with Gasteiger partial charge in [0.05, 0.1) is 143 Å². The lowest BCUT2D eigenvalue weighted by Gasteiger charge is -2.55. The summed E-state index contributed by atoms with van der Waals surface area (Å²) in [7, 11) is -4.26. The number of ether oxygens (including phenoxy) is 12. The first kappa shape index (κ1) is 64.4. The third-order valence-corrected chi connectivity index (χ3v) is 13.6. The van der Waals surface area contributed by atoms with E-state index in [-0.39, 0.29) is 56.3 Å². The Hall–Kier alpha value is -5.17. The number of carbonyl (C=O) groups is 1. The Morgan fingerprint density at radius 3 is 2.02 bits per heavy atom. The number of nitrogens with zero attached hydrogens (tertiary/aromatic N) is 8. The number of esters is 1. The lowest BCUT2D eigenvalue weighted by atomic mass is 9.73. The van der Waals surface area contributed by atoms with E-state index in [9.17, 15) is 22.5 Å². The molecule has 0 aliphatic carbocycles. The number of benzene rings is 2. The van der Waals surface area contributed by atoms with Crippen LogP contribution < -0.4 is 25.1 Å². The number of hydrogen-bond donors (Lipinski definition) is 3. The van der Waals surface area contributed by atoms with Crippen LogP contribution in [0.15, 0.2) is 52.7 Å². The molecule has 0 bridgehead atoms. The summed E-state index contributed by atoms with van der Waals surface area (Å²) >= 11 is 6.47. The number of aliphatic imine (C=N–C) groups is 1. The Morgan fingerprint density at radius 1 is 0.793 bits per heavy atom. The molecule has 2 aromatic heterocycles. The Kier molecular flexibility index (Phi) is 26.7. The minimum absolute atomic E-state index is 0.0567. The van der Waals surface area contributed by atoms with Crippen molar-refractivity contribution in [2.75, 3.05) is 168 Å². The molecule has 0 amide bonds. The van der Waals surface area contributed by atoms with Gasteiger partial charge in [-0.3, -0.25) is 14.4 Å². The highest BCUT2D eigenvalue weighted by atomic mass is 35.5. The van der Waals surface area contributed by atoms with Crippen LogP contribution in [0.25, 0.3) is 11.0 Å². The summed E-state index contributed by atoms with van der Waals surface area (Å²) in [5.41, 5.74) is 2.28. The van der Waals surface area contributed by atoms with Crippen molar-refractivity contribution in [1.29, 1.82) is 0 Å². The number of aromatic nitrogens is 4. The number of halogens is 4. The van der Waals surface area contributed by atoms with Crippen LogP contribution in [-0.2, 0) is 56.7 Å². The maximum Gasteiger partial charge on any atom is 0.350 e. The van der Waals surface area contributed by atoms with Crippen LogP contribution in [0.4, 0.5) is 24.7 Å². The fourth-order valence-electron chi connectivity index (χ4n) is 9.14. The van der Waals surface area contributed by atoms with Crippen molar-refractivity contribution < 1.29 is 89.2 Å². The molecule has 25 nitrogen and oxygen atoms in total. The average molecular weight is 1200 g/mol. The van der Waals surface area contributed by atoms with E-state index in [0.717, 1.165) is 61.7 Å². The van der Waals surface area contributed by atoms with Crippen LogP contribution in [0, 0.1) is 22.9 Å². The van der Waals surface area contributed by atoms with E-state index in [1.54, 1.807) is 10.9 Å². The van der Waals surface area contributed by atoms with Gasteiger partial charge in [-0.2, -0.15) is 20.2 Å². The van der Waals surface area contributed by atoms with Crippen molar-refractivity contribution in [3.63, 3.8) is 0 Å². The molecule has 454 valence electrons. The zero-order chi connectivity index (χ0) is 58.0. The highest BCUT2D eigenvalue weighted by Gasteiger charge is 2.47. The SMILES string of the molecule is N/N=C(\C=NCCOCCOCCOCCOCCC(=O)Oc1c(F)cc(F)cc1F)COCCOCCOCCOCCOc1ccc(N2CCCC3(C2)CN(c2nc(Cl)nc4c2cnn4C2CCC(COCP(=O)(O)O)O2)C3)cc1. The van der Waals surface area contributed by atoms with E-state index in [1.165, 1.54) is 6.21 Å². The van der Waals surface area contributed by atoms with Gasteiger partial charge < -0.3 is 82.3 Å². The Bertz CT molecular complexity index is 2670. The molecule has 82 heavy (non-hydrogen) atoms. The zero-order valence-electron chi connectivity index (χ0n) is 45.5. The molecule has 4 aromatic rings. The van der Waals surface area contributed by atoms with Crippen LogP contribution in [-0.4, -0.2) is 212 Å². The van der Waals surface area contributed by atoms with Gasteiger partial charge in [-0.15, -0.1) is 0 Å². The Morgan fingerprint density at radius 2 is 1.39 bits per heavy atom. The quantitative estimate of drug-likeness (QED) is 0.00796. The number of anilines is 2. The number of fused-ring (bicyclic) bond motifs is 1. The van der Waals surface area contributed by atoms with Crippen LogP contribution in [0.1, 0.15) is 38.3 Å². The Labute approximate surface area is 477 Å². The summed E-state index contributed by atoms with van der Waals surface area (Å²) in [6.07, 6.45) is 5.07. The second-order valence-electron chi connectivity index (χ2n) is 19.2. The molecule has 0 saturated carbocycles. The third kappa shape index (κ3) is 21.5. The molecule has 3 aliphatic heterocycles. The fraction of sp³-hybridized carbons (Fsp3) is 0.615. The van der Waals surface area contributed by atoms with Crippen molar-refractivity contribution >= 4 is 59.6 Å². The number of carbonyl (C=O) groups excluding carboxylic acids is 1. The molecule has 1 spiro atoms. The van der Waals surface area contributed by atoms with Crippen LogP contribution >= 0.6 is 19.2 Å². The van der Waals surface area contributed by atoms with E-state index in [0.29, 0.717) is 129 Å². The summed E-state index contributed by atoms with van der Waals surface area (Å²) in [5, 5.41) is 9.20. The third-order valence-electron chi connectivity index (χ3n) is 12.9. The molecule has 3 fully saturated rings. The number of rotatable bonds is 39. The topological polar surface area (TPSA) is 286 Å². The van der Waals surface area contributed by atoms with E-state index in [4.69, 9.17) is 79.3 Å². The number of piperidine rings is 1. The van der Waals surface area contributed by atoms with Gasteiger partial charge in [0.1, 0.15) is 36.1 Å². The fourth-order valence-corrected chi connectivity index (χ4v) is 9.64. The van der Waals surface area contributed by atoms with Crippen molar-refractivity contribution in [3.05, 3.63) is 65.3 Å². The van der Waals surface area contributed by atoms with Crippen molar-refractivity contribution in [1.82, 2.24) is 19.7 Å². The highest BCUT2D eigenvalue weighted by molar-refractivity contribution is 7.51. The van der Waals surface area contributed by atoms with Crippen LogP contribution in [0.3, 0.4) is 0 Å². The molecular formula is C52H72ClF3N9O16P. The van der Waals surface area contributed by atoms with Gasteiger partial charge in [0.2, 0.25) is 11.0 Å². The Balaban J connectivity index is 0.629. The first-order valence-corrected chi connectivity index (χ1v) is 29.1. The van der Waals surface area contributed by atoms with Crippen LogP contribution in [0.2, 0.25) is 5.28 Å². The number of nitrogens with two attached hydrogens (primary N) is 1. The first-order valence-electron chi connectivity index (χ1n) is 26.9. The number of hydrazone groups is 1. The molecule has 3 aliphatic rings. The molecule has 2 aromatic carbocycles. The minimum Gasteiger partial charge on any atom is -0.491 e. The van der Waals surface area contributed by atoms with Crippen molar-refractivity contribution in [2.45, 2.75) is 44.4 Å². The lowest BCUT2D eigenvalue weighted by molar-refractivity contribution is -0.136. The zero-order valence-corrected chi connectivity index (χ0v) is 47.2. The van der Waals surface area contributed by atoms with Crippen molar-refractivity contribution in [3.8, 4) is 11.5 Å². The molecule has 2 unspecified atom stereocenters. The van der Waals surface area contributed by atoms with Gasteiger partial charge in [-0.25, -0.2) is 17.9 Å². The van der Waals surface area contributed by atoms with Gasteiger partial charge >= 0.3 is 13.6 Å². The van der Waals surface area contributed by atoms with E-state index >= 15 is 0 Å². The summed E-state index contributed by atoms with van der Waals surface area (Å²) in [6, 6.07) is 9.01. The van der Waals surface area contributed by atoms with Gasteiger partial charge in [-0.1, -0.05) is 0 Å². The normalized spacial score (nSPS) is 17.4. The number of hydrogen-bond acceptors (Lipinski definition) is 22. The summed E-state index contributed by atoms with van der Waals surface area (Å²) in [5.74, 6) is 1.34. The predicted molar refractivity (Wildman–Crippen MR) is 292 cm³/mol. The van der Waals surface area contributed by atoms with Gasteiger partial charge in [0, 0.05) is 55.6 Å². The molecule has 4 N–H and O–H groups in total. The summed E-state index contributed by atoms with van der Waals surface area (Å²) in [6.45, 7) is 9.40. The smallest absolute Gasteiger partial charge is 0.350 e. The van der Waals surface area contributed by atoms with Crippen molar-refractivity contribution in [2.24, 2.45) is 21.4 Å². The van der Waals surface area contributed by atoms with E-state index in [2.05, 4.69) is 51.8 Å². The van der Waals surface area contributed by atoms with Crippen LogP contribution in [0.5, 0.6) is 11.5 Å². The van der Waals surface area contributed by atoms with E-state index in [1.807, 2.05) is 12.1 Å². The second-order valence-corrected chi connectivity index (χ2v) is 21.2. The molecule has 3 saturated heterocycles. The first-order chi connectivity index (χ1) is 39.8. The largest absolute Gasteiger partial charge is 0.491 e. The molecular weight excluding hydrogens is 1130 g/mol. The molecule has 0 radical (unpaired) electrons. The van der Waals surface area contributed by atoms with Gasteiger partial charge in [-0.05, 0) is 61.5 Å². The van der Waals surface area contributed by atoms with Gasteiger partial charge in [0.25, 0.3) is 0 Å². The van der Waals surface area contributed by atoms with E-state index < -0.39 is 49.3 Å². The highest BCUT2D eigenvalue weighted by Crippen LogP contribution is 2.44. The maximum atomic E-state index is 13.6. The molecule has 7 rings (SSSR count). The predicted octanol–water partition coefficient (Wildman–Crippen LogP) is 4.73. The average Bonchev–Trinajstić information content (AvgIpc) is 2.13. The summed E-state index contributed by atoms with van der Waals surface area (Å²) < 4.78 is 119. The standard InChI is InChI=1S/C52H72ClF3N9O16P/c53-51-60-49(43-31-59-65(50(43)61-51)46-7-6-42(80-46)33-78-37-82(67,68)69)64-35-52(36-64)9-1-11-63(34-52)40-2-4-41(5-3-40)79-27-26-76-23-22-74-20-21-75-24-25-77-32-39(62-57)30-58-10-13-71-15-17-73-19-18-72-16-14-70-12-8-47(66)81-48-44(55)28-38(54)29-45(48)56/h2-5,28-31,42,46H,1,6-27,32-37,57H2,(H2,67,68,69)/b58-30?,62-39+.